The lowest BCUT2D eigenvalue weighted by atomic mass is 10.1. The summed E-state index contributed by atoms with van der Waals surface area (Å²) in [4.78, 5) is 12.2. The summed E-state index contributed by atoms with van der Waals surface area (Å²) in [5, 5.41) is 5.37. The minimum absolute atomic E-state index is 0.0269. The van der Waals surface area contributed by atoms with Crippen LogP contribution in [0.5, 0.6) is 0 Å². The van der Waals surface area contributed by atoms with Crippen LogP contribution in [0.15, 0.2) is 42.5 Å². The lowest BCUT2D eigenvalue weighted by molar-refractivity contribution is -0.117. The van der Waals surface area contributed by atoms with Gasteiger partial charge in [0.2, 0.25) is 5.91 Å². The van der Waals surface area contributed by atoms with Crippen molar-refractivity contribution in [3.05, 3.63) is 42.5 Å². The van der Waals surface area contributed by atoms with Crippen molar-refractivity contribution in [2.45, 2.75) is 38.8 Å². The highest BCUT2D eigenvalue weighted by atomic mass is 16.5. The topological polar surface area (TPSA) is 52.5 Å². The predicted octanol–water partition coefficient (Wildman–Crippen LogP) is 4.34. The van der Waals surface area contributed by atoms with E-state index in [1.807, 2.05) is 6.07 Å². The van der Waals surface area contributed by atoms with Crippen LogP contribution in [0.25, 0.3) is 21.8 Å². The van der Waals surface area contributed by atoms with Crippen LogP contribution in [0, 0.1) is 0 Å². The fraction of sp³-hybridized carbons (Fsp3) is 0.409. The molecule has 0 spiro atoms. The Balaban J connectivity index is 1.41. The van der Waals surface area contributed by atoms with Gasteiger partial charge in [-0.05, 0) is 44.0 Å². The van der Waals surface area contributed by atoms with Crippen LogP contribution in [-0.4, -0.2) is 36.4 Å². The van der Waals surface area contributed by atoms with Gasteiger partial charge < -0.3 is 19.4 Å². The summed E-state index contributed by atoms with van der Waals surface area (Å²) in [5.74, 6) is -0.0269. The molecule has 1 fully saturated rings. The number of aryl methyl sites for hydroxylation is 1. The first-order chi connectivity index (χ1) is 13.3. The minimum atomic E-state index is -0.0269. The number of aromatic nitrogens is 1. The van der Waals surface area contributed by atoms with E-state index in [4.69, 9.17) is 9.47 Å². The highest BCUT2D eigenvalue weighted by Crippen LogP contribution is 2.31. The van der Waals surface area contributed by atoms with E-state index in [9.17, 15) is 4.79 Å². The summed E-state index contributed by atoms with van der Waals surface area (Å²) in [6.07, 6.45) is 2.70. The number of hydrogen-bond donors (Lipinski definition) is 1. The molecule has 0 bridgehead atoms. The molecule has 1 aromatic heterocycles. The highest BCUT2D eigenvalue weighted by Gasteiger charge is 2.15. The molecule has 0 aliphatic carbocycles. The summed E-state index contributed by atoms with van der Waals surface area (Å²) < 4.78 is 13.4. The van der Waals surface area contributed by atoms with Gasteiger partial charge >= 0.3 is 0 Å². The smallest absolute Gasteiger partial charge is 0.226 e. The third-order valence-corrected chi connectivity index (χ3v) is 5.17. The highest BCUT2D eigenvalue weighted by molar-refractivity contribution is 6.09. The molecule has 2 heterocycles. The number of fused-ring (bicyclic) bond motifs is 3. The molecule has 3 aromatic rings. The van der Waals surface area contributed by atoms with E-state index in [0.717, 1.165) is 31.7 Å². The van der Waals surface area contributed by atoms with Gasteiger partial charge in [0.15, 0.2) is 0 Å². The fourth-order valence-electron chi connectivity index (χ4n) is 3.85. The molecule has 1 N–H and O–H groups in total. The van der Waals surface area contributed by atoms with Gasteiger partial charge in [-0.15, -0.1) is 0 Å². The van der Waals surface area contributed by atoms with E-state index in [0.29, 0.717) is 19.6 Å². The third-order valence-electron chi connectivity index (χ3n) is 5.17. The summed E-state index contributed by atoms with van der Waals surface area (Å²) in [6.45, 7) is 4.89. The van der Waals surface area contributed by atoms with E-state index in [2.05, 4.69) is 53.2 Å². The maximum Gasteiger partial charge on any atom is 0.226 e. The maximum absolute atomic E-state index is 12.2. The van der Waals surface area contributed by atoms with Crippen LogP contribution in [0.4, 0.5) is 5.69 Å². The van der Waals surface area contributed by atoms with Crippen LogP contribution in [0.1, 0.15) is 26.2 Å². The van der Waals surface area contributed by atoms with E-state index < -0.39 is 0 Å². The average molecular weight is 366 g/mol. The molecule has 27 heavy (non-hydrogen) atoms. The second-order valence-corrected chi connectivity index (χ2v) is 7.00. The van der Waals surface area contributed by atoms with Gasteiger partial charge in [-0.25, -0.2) is 0 Å². The number of benzene rings is 2. The van der Waals surface area contributed by atoms with Gasteiger partial charge in [0.25, 0.3) is 0 Å². The van der Waals surface area contributed by atoms with E-state index in [1.54, 1.807) is 0 Å². The molecule has 5 nitrogen and oxygen atoms in total. The average Bonchev–Trinajstić information content (AvgIpc) is 3.31. The number of nitrogens with zero attached hydrogens (tertiary/aromatic N) is 1. The van der Waals surface area contributed by atoms with Crippen molar-refractivity contribution in [2.24, 2.45) is 0 Å². The van der Waals surface area contributed by atoms with Crippen molar-refractivity contribution in [1.82, 2.24) is 4.57 Å². The van der Waals surface area contributed by atoms with Crippen molar-refractivity contribution in [2.75, 3.05) is 25.1 Å². The molecule has 2 aromatic carbocycles. The second-order valence-electron chi connectivity index (χ2n) is 7.00. The molecule has 1 aliphatic rings. The van der Waals surface area contributed by atoms with E-state index >= 15 is 0 Å². The van der Waals surface area contributed by atoms with Gasteiger partial charge in [0.05, 0.1) is 25.7 Å². The SMILES string of the molecule is CCn1c2ccccc2c2cc(NC(=O)CCOCC3CCCO3)ccc21. The largest absolute Gasteiger partial charge is 0.378 e. The first-order valence-corrected chi connectivity index (χ1v) is 9.76. The second kappa shape index (κ2) is 8.11. The Morgan fingerprint density at radius 1 is 1.22 bits per heavy atom. The zero-order valence-electron chi connectivity index (χ0n) is 15.7. The van der Waals surface area contributed by atoms with E-state index in [-0.39, 0.29) is 12.0 Å². The molecule has 1 aliphatic heterocycles. The van der Waals surface area contributed by atoms with Gasteiger partial charge in [0, 0.05) is 40.6 Å². The number of rotatable bonds is 7. The Hall–Kier alpha value is -2.37. The minimum Gasteiger partial charge on any atom is -0.378 e. The van der Waals surface area contributed by atoms with Crippen molar-refractivity contribution in [3.63, 3.8) is 0 Å². The Kier molecular flexibility index (Phi) is 5.41. The fourth-order valence-corrected chi connectivity index (χ4v) is 3.85. The van der Waals surface area contributed by atoms with Gasteiger partial charge in [-0.1, -0.05) is 18.2 Å². The molecule has 142 valence electrons. The lowest BCUT2D eigenvalue weighted by Gasteiger charge is -2.10. The summed E-state index contributed by atoms with van der Waals surface area (Å²) in [7, 11) is 0. The van der Waals surface area contributed by atoms with Gasteiger partial charge in [-0.3, -0.25) is 4.79 Å². The number of para-hydroxylation sites is 1. The number of carbonyl (C=O) groups excluding carboxylic acids is 1. The summed E-state index contributed by atoms with van der Waals surface area (Å²) >= 11 is 0. The summed E-state index contributed by atoms with van der Waals surface area (Å²) in [5.41, 5.74) is 3.24. The zero-order chi connectivity index (χ0) is 18.6. The predicted molar refractivity (Wildman–Crippen MR) is 108 cm³/mol. The number of carbonyl (C=O) groups is 1. The molecule has 1 unspecified atom stereocenters. The van der Waals surface area contributed by atoms with Crippen LogP contribution in [-0.2, 0) is 20.8 Å². The van der Waals surface area contributed by atoms with Gasteiger partial charge in [0.1, 0.15) is 0 Å². The number of amides is 1. The number of hydrogen-bond acceptors (Lipinski definition) is 3. The molecule has 0 saturated carbocycles. The van der Waals surface area contributed by atoms with Crippen molar-refractivity contribution in [1.29, 1.82) is 0 Å². The molecule has 0 radical (unpaired) electrons. The molecular formula is C22H26N2O3. The first-order valence-electron chi connectivity index (χ1n) is 9.76. The number of nitrogens with one attached hydrogen (secondary N) is 1. The summed E-state index contributed by atoms with van der Waals surface area (Å²) in [6, 6.07) is 14.5. The molecule has 5 heteroatoms. The van der Waals surface area contributed by atoms with Crippen molar-refractivity contribution < 1.29 is 14.3 Å². The Morgan fingerprint density at radius 2 is 2.07 bits per heavy atom. The number of ether oxygens (including phenoxy) is 2. The maximum atomic E-state index is 12.2. The van der Waals surface area contributed by atoms with E-state index in [1.165, 1.54) is 21.8 Å². The Labute approximate surface area is 159 Å². The van der Waals surface area contributed by atoms with Gasteiger partial charge in [-0.2, -0.15) is 0 Å². The van der Waals surface area contributed by atoms with Crippen molar-refractivity contribution in [3.8, 4) is 0 Å². The monoisotopic (exact) mass is 366 g/mol. The van der Waals surface area contributed by atoms with Crippen LogP contribution in [0.3, 0.4) is 0 Å². The first kappa shape index (κ1) is 18.0. The Morgan fingerprint density at radius 3 is 2.89 bits per heavy atom. The lowest BCUT2D eigenvalue weighted by Crippen LogP contribution is -2.18. The van der Waals surface area contributed by atoms with Crippen LogP contribution >= 0.6 is 0 Å². The van der Waals surface area contributed by atoms with Crippen LogP contribution < -0.4 is 5.32 Å². The molecule has 4 rings (SSSR count). The molecule has 1 amide bonds. The third kappa shape index (κ3) is 3.84. The number of anilines is 1. The van der Waals surface area contributed by atoms with Crippen LogP contribution in [0.2, 0.25) is 0 Å². The normalized spacial score (nSPS) is 17.0. The van der Waals surface area contributed by atoms with Crippen molar-refractivity contribution >= 4 is 33.4 Å². The molecule has 1 saturated heterocycles. The quantitative estimate of drug-likeness (QED) is 0.633. The molecule has 1 atom stereocenters. The Bertz CT molecular complexity index is 941. The standard InChI is InChI=1S/C22H26N2O3/c1-2-24-20-8-4-3-7-18(20)19-14-16(9-10-21(19)24)23-22(25)11-13-26-15-17-6-5-12-27-17/h3-4,7-10,14,17H,2,5-6,11-13,15H2,1H3,(H,23,25). The zero-order valence-corrected chi connectivity index (χ0v) is 15.7. The molecular weight excluding hydrogens is 340 g/mol.